The molecule has 1 aliphatic carbocycles. The van der Waals surface area contributed by atoms with Gasteiger partial charge in [-0.1, -0.05) is 29.8 Å². The summed E-state index contributed by atoms with van der Waals surface area (Å²) in [4.78, 5) is 11.2. The lowest BCUT2D eigenvalue weighted by atomic mass is 9.97. The van der Waals surface area contributed by atoms with E-state index in [0.717, 1.165) is 17.6 Å². The molecule has 0 saturated carbocycles. The Kier molecular flexibility index (Phi) is 4.47. The number of allylic oxidation sites excluding steroid dienone is 4. The van der Waals surface area contributed by atoms with Gasteiger partial charge in [-0.2, -0.15) is 0 Å². The third-order valence-electron chi connectivity index (χ3n) is 1.96. The molecule has 0 heterocycles. The molecule has 2 nitrogen and oxygen atoms in total. The summed E-state index contributed by atoms with van der Waals surface area (Å²) in [6.07, 6.45) is 6.92. The van der Waals surface area contributed by atoms with E-state index in [1.807, 2.05) is 18.2 Å². The summed E-state index contributed by atoms with van der Waals surface area (Å²) in [6.45, 7) is 2.22. The van der Waals surface area contributed by atoms with Crippen molar-refractivity contribution in [1.29, 1.82) is 0 Å². The Morgan fingerprint density at radius 3 is 3.14 bits per heavy atom. The molecule has 1 rings (SSSR count). The Morgan fingerprint density at radius 1 is 1.71 bits per heavy atom. The first-order chi connectivity index (χ1) is 6.77. The van der Waals surface area contributed by atoms with Crippen molar-refractivity contribution < 1.29 is 9.53 Å². The zero-order chi connectivity index (χ0) is 10.4. The molecule has 0 radical (unpaired) electrons. The van der Waals surface area contributed by atoms with Gasteiger partial charge >= 0.3 is 5.97 Å². The van der Waals surface area contributed by atoms with Gasteiger partial charge in [0, 0.05) is 5.54 Å². The van der Waals surface area contributed by atoms with E-state index in [1.165, 1.54) is 5.54 Å². The van der Waals surface area contributed by atoms with Crippen LogP contribution in [-0.2, 0) is 9.53 Å². The maximum Gasteiger partial charge on any atom is 0.310 e. The molecule has 3 heteroatoms. The summed E-state index contributed by atoms with van der Waals surface area (Å²) in [7, 11) is 0. The van der Waals surface area contributed by atoms with Gasteiger partial charge in [-0.05, 0) is 24.5 Å². The van der Waals surface area contributed by atoms with Crippen LogP contribution in [0.3, 0.4) is 0 Å². The molecule has 14 heavy (non-hydrogen) atoms. The minimum absolute atomic E-state index is 0.204. The van der Waals surface area contributed by atoms with Gasteiger partial charge in [0.15, 0.2) is 0 Å². The number of carbonyl (C=O) groups excluding carboxylic acids is 1. The molecule has 0 amide bonds. The second kappa shape index (κ2) is 5.66. The van der Waals surface area contributed by atoms with E-state index in [0.29, 0.717) is 13.0 Å². The lowest BCUT2D eigenvalue weighted by Gasteiger charge is -2.11. The monoisotopic (exact) mass is 212 g/mol. The van der Waals surface area contributed by atoms with Gasteiger partial charge < -0.3 is 4.74 Å². The summed E-state index contributed by atoms with van der Waals surface area (Å²) in [5, 5.41) is 0. The predicted octanol–water partition coefficient (Wildman–Crippen LogP) is 2.95. The molecule has 0 saturated heterocycles. The molecular formula is C11H13ClO2. The van der Waals surface area contributed by atoms with Gasteiger partial charge in [0.1, 0.15) is 0 Å². The van der Waals surface area contributed by atoms with E-state index in [4.69, 9.17) is 16.3 Å². The summed E-state index contributed by atoms with van der Waals surface area (Å²) < 4.78 is 4.86. The second-order valence-corrected chi connectivity index (χ2v) is 3.16. The van der Waals surface area contributed by atoms with Crippen molar-refractivity contribution in [1.82, 2.24) is 0 Å². The molecule has 0 unspecified atom stereocenters. The average Bonchev–Trinajstić information content (AvgIpc) is 2.19. The molecule has 0 aromatic heterocycles. The smallest absolute Gasteiger partial charge is 0.310 e. The van der Waals surface area contributed by atoms with Crippen LogP contribution in [0.4, 0.5) is 0 Å². The molecule has 76 valence electrons. The zero-order valence-electron chi connectivity index (χ0n) is 8.13. The highest BCUT2D eigenvalue weighted by atomic mass is 35.5. The maximum atomic E-state index is 11.2. The zero-order valence-corrected chi connectivity index (χ0v) is 8.88. The Morgan fingerprint density at radius 2 is 2.50 bits per heavy atom. The number of ether oxygens (including phenoxy) is 1. The van der Waals surface area contributed by atoms with Crippen LogP contribution in [0.15, 0.2) is 34.9 Å². The normalized spacial score (nSPS) is 18.1. The van der Waals surface area contributed by atoms with E-state index in [1.54, 1.807) is 6.92 Å². The topological polar surface area (TPSA) is 26.3 Å². The molecule has 0 N–H and O–H groups in total. The van der Waals surface area contributed by atoms with Crippen LogP contribution < -0.4 is 0 Å². The maximum absolute atomic E-state index is 11.2. The largest absolute Gasteiger partial charge is 0.466 e. The van der Waals surface area contributed by atoms with Crippen LogP contribution in [0.25, 0.3) is 0 Å². The summed E-state index contributed by atoms with van der Waals surface area (Å²) in [5.74, 6) is -0.204. The highest BCUT2D eigenvalue weighted by Gasteiger charge is 2.11. The first kappa shape index (κ1) is 11.1. The molecule has 0 aromatic carbocycles. The summed E-state index contributed by atoms with van der Waals surface area (Å²) >= 11 is 5.65. The number of hydrogen-bond acceptors (Lipinski definition) is 2. The first-order valence-corrected chi connectivity index (χ1v) is 5.02. The van der Waals surface area contributed by atoms with Crippen molar-refractivity contribution in [3.8, 4) is 0 Å². The molecule has 0 fully saturated rings. The van der Waals surface area contributed by atoms with Gasteiger partial charge in [-0.3, -0.25) is 4.79 Å². The number of hydrogen-bond donors (Lipinski definition) is 0. The first-order valence-electron chi connectivity index (χ1n) is 4.59. The van der Waals surface area contributed by atoms with Crippen LogP contribution in [0.2, 0.25) is 0 Å². The van der Waals surface area contributed by atoms with Crippen LogP contribution >= 0.6 is 11.6 Å². The fraction of sp³-hybridized carbons (Fsp3) is 0.364. The molecule has 0 atom stereocenters. The average molecular weight is 213 g/mol. The lowest BCUT2D eigenvalue weighted by Crippen LogP contribution is -2.07. The molecule has 0 aromatic rings. The van der Waals surface area contributed by atoms with E-state index in [9.17, 15) is 4.79 Å². The van der Waals surface area contributed by atoms with Gasteiger partial charge in [0.05, 0.1) is 13.0 Å². The minimum atomic E-state index is -0.204. The van der Waals surface area contributed by atoms with Gasteiger partial charge in [0.2, 0.25) is 0 Å². The van der Waals surface area contributed by atoms with Crippen molar-refractivity contribution in [3.05, 3.63) is 34.9 Å². The summed E-state index contributed by atoms with van der Waals surface area (Å²) in [5.41, 5.74) is 3.46. The number of halogens is 1. The molecule has 0 spiro atoms. The molecular weight excluding hydrogens is 200 g/mol. The van der Waals surface area contributed by atoms with E-state index < -0.39 is 0 Å². The van der Waals surface area contributed by atoms with Crippen LogP contribution in [0.5, 0.6) is 0 Å². The van der Waals surface area contributed by atoms with Crippen molar-refractivity contribution in [2.45, 2.75) is 19.8 Å². The predicted molar refractivity (Wildman–Crippen MR) is 57.0 cm³/mol. The van der Waals surface area contributed by atoms with Crippen LogP contribution in [0.1, 0.15) is 19.8 Å². The van der Waals surface area contributed by atoms with Crippen molar-refractivity contribution >= 4 is 17.6 Å². The van der Waals surface area contributed by atoms with E-state index in [-0.39, 0.29) is 5.97 Å². The second-order valence-electron chi connectivity index (χ2n) is 2.94. The fourth-order valence-corrected chi connectivity index (χ4v) is 1.50. The summed E-state index contributed by atoms with van der Waals surface area (Å²) in [6, 6.07) is 0. The molecule has 1 aliphatic rings. The van der Waals surface area contributed by atoms with E-state index in [2.05, 4.69) is 0 Å². The van der Waals surface area contributed by atoms with Crippen molar-refractivity contribution in [3.63, 3.8) is 0 Å². The minimum Gasteiger partial charge on any atom is -0.466 e. The third-order valence-corrected chi connectivity index (χ3v) is 2.22. The SMILES string of the molecule is CCOC(=O)CC1=CC=CCC1=CCl. The Balaban J connectivity index is 2.62. The number of carbonyl (C=O) groups is 1. The third kappa shape index (κ3) is 3.04. The van der Waals surface area contributed by atoms with Crippen molar-refractivity contribution in [2.24, 2.45) is 0 Å². The van der Waals surface area contributed by atoms with Crippen LogP contribution in [-0.4, -0.2) is 12.6 Å². The standard InChI is InChI=1S/C11H13ClO2/c1-2-14-11(13)7-9-5-3-4-6-10(9)8-12/h3-5,8H,2,6-7H2,1H3. The number of rotatable bonds is 3. The van der Waals surface area contributed by atoms with Gasteiger partial charge in [-0.25, -0.2) is 0 Å². The van der Waals surface area contributed by atoms with Crippen molar-refractivity contribution in [2.75, 3.05) is 6.61 Å². The highest BCUT2D eigenvalue weighted by Crippen LogP contribution is 2.23. The molecule has 0 aliphatic heterocycles. The van der Waals surface area contributed by atoms with Crippen LogP contribution in [0, 0.1) is 0 Å². The van der Waals surface area contributed by atoms with Gasteiger partial charge in [0.25, 0.3) is 0 Å². The Labute approximate surface area is 88.9 Å². The quantitative estimate of drug-likeness (QED) is 0.673. The van der Waals surface area contributed by atoms with Gasteiger partial charge in [-0.15, -0.1) is 0 Å². The highest BCUT2D eigenvalue weighted by molar-refractivity contribution is 6.26. The fourth-order valence-electron chi connectivity index (χ4n) is 1.27. The number of esters is 1. The Bertz CT molecular complexity index is 300. The lowest BCUT2D eigenvalue weighted by molar-refractivity contribution is -0.142. The van der Waals surface area contributed by atoms with E-state index >= 15 is 0 Å². The Hall–Kier alpha value is -1.02. The molecule has 0 bridgehead atoms.